The predicted octanol–water partition coefficient (Wildman–Crippen LogP) is 3.01. The van der Waals surface area contributed by atoms with Crippen molar-refractivity contribution in [2.24, 2.45) is 5.92 Å². The van der Waals surface area contributed by atoms with Crippen LogP contribution in [0.15, 0.2) is 54.6 Å². The molecular weight excluding hydrogens is 451 g/mol. The van der Waals surface area contributed by atoms with Crippen LogP contribution in [-0.2, 0) is 16.0 Å². The second-order valence-corrected chi connectivity index (χ2v) is 9.54. The van der Waals surface area contributed by atoms with Gasteiger partial charge in [0.1, 0.15) is 12.2 Å². The van der Waals surface area contributed by atoms with E-state index < -0.39 is 36.1 Å². The molecule has 2 fully saturated rings. The van der Waals surface area contributed by atoms with Crippen LogP contribution >= 0.6 is 0 Å². The van der Waals surface area contributed by atoms with Gasteiger partial charge in [0, 0.05) is 12.8 Å². The summed E-state index contributed by atoms with van der Waals surface area (Å²) in [7, 11) is 0. The van der Waals surface area contributed by atoms with Gasteiger partial charge in [-0.1, -0.05) is 42.5 Å². The van der Waals surface area contributed by atoms with E-state index in [1.54, 1.807) is 12.1 Å². The summed E-state index contributed by atoms with van der Waals surface area (Å²) < 4.78 is 20.0. The first kappa shape index (κ1) is 25.1. The van der Waals surface area contributed by atoms with Gasteiger partial charge in [-0.2, -0.15) is 0 Å². The quantitative estimate of drug-likeness (QED) is 0.506. The molecular formula is C27H33FN2O5. The highest BCUT2D eigenvalue weighted by Crippen LogP contribution is 2.33. The van der Waals surface area contributed by atoms with E-state index in [0.717, 1.165) is 32.4 Å². The van der Waals surface area contributed by atoms with Gasteiger partial charge >= 0.3 is 5.97 Å². The van der Waals surface area contributed by atoms with Crippen molar-refractivity contribution >= 4 is 11.9 Å². The third-order valence-electron chi connectivity index (χ3n) is 7.09. The Labute approximate surface area is 204 Å². The molecule has 2 aromatic rings. The smallest absolute Gasteiger partial charge is 0.303 e. The number of aliphatic hydroxyl groups excluding tert-OH is 1. The molecule has 1 saturated heterocycles. The molecule has 1 heterocycles. The van der Waals surface area contributed by atoms with Crippen LogP contribution in [0.3, 0.4) is 0 Å². The van der Waals surface area contributed by atoms with Crippen molar-refractivity contribution in [2.45, 2.75) is 62.8 Å². The molecule has 2 aliphatic rings. The second-order valence-electron chi connectivity index (χ2n) is 9.54. The number of amides is 1. The molecule has 8 heteroatoms. The molecule has 0 aromatic heterocycles. The zero-order chi connectivity index (χ0) is 24.8. The molecule has 0 radical (unpaired) electrons. The van der Waals surface area contributed by atoms with E-state index in [9.17, 15) is 19.1 Å². The number of nitrogens with one attached hydrogen (secondary N) is 1. The number of hydrogen-bond donors (Lipinski definition) is 3. The Bertz CT molecular complexity index is 996. The molecule has 0 bridgehead atoms. The number of likely N-dealkylation sites (tertiary alicyclic amines) is 1. The number of para-hydroxylation sites is 1. The Hall–Kier alpha value is -2.97. The number of benzene rings is 2. The molecule has 0 unspecified atom stereocenters. The van der Waals surface area contributed by atoms with Gasteiger partial charge in [-0.3, -0.25) is 14.5 Å². The standard InChI is InChI=1S/C27H33FN2O5/c28-20-8-4-5-9-22(20)35-23-17-21(29-24(31)10-11-25(32)33)26(27(23)34)30-14-12-19(13-15-30)16-18-6-2-1-3-7-18/h1-9,19,21,23,26-27,34H,10-17H2,(H,29,31)(H,32,33)/t21-,23-,26+,27+/m1/s1. The van der Waals surface area contributed by atoms with Crippen LogP contribution in [0.4, 0.5) is 4.39 Å². The first-order chi connectivity index (χ1) is 16.9. The fraction of sp³-hybridized carbons (Fsp3) is 0.481. The number of ether oxygens (including phenoxy) is 1. The Morgan fingerprint density at radius 2 is 1.71 bits per heavy atom. The topological polar surface area (TPSA) is 99.1 Å². The summed E-state index contributed by atoms with van der Waals surface area (Å²) >= 11 is 0. The maximum Gasteiger partial charge on any atom is 0.303 e. The lowest BCUT2D eigenvalue weighted by molar-refractivity contribution is -0.139. The minimum absolute atomic E-state index is 0.0646. The van der Waals surface area contributed by atoms with Crippen molar-refractivity contribution in [3.05, 3.63) is 66.0 Å². The van der Waals surface area contributed by atoms with Crippen molar-refractivity contribution in [1.29, 1.82) is 0 Å². The van der Waals surface area contributed by atoms with E-state index in [2.05, 4.69) is 22.3 Å². The number of aliphatic hydroxyl groups is 1. The molecule has 1 aliphatic carbocycles. The summed E-state index contributed by atoms with van der Waals surface area (Å²) in [4.78, 5) is 25.5. The summed E-state index contributed by atoms with van der Waals surface area (Å²) in [6.07, 6.45) is 1.25. The van der Waals surface area contributed by atoms with E-state index in [1.807, 2.05) is 18.2 Å². The Morgan fingerprint density at radius 1 is 1.03 bits per heavy atom. The number of nitrogens with zero attached hydrogens (tertiary/aromatic N) is 1. The van der Waals surface area contributed by atoms with E-state index in [1.165, 1.54) is 17.7 Å². The van der Waals surface area contributed by atoms with Crippen LogP contribution in [0.25, 0.3) is 0 Å². The first-order valence-corrected chi connectivity index (χ1v) is 12.3. The number of piperidine rings is 1. The number of halogens is 1. The number of carbonyl (C=O) groups is 2. The van der Waals surface area contributed by atoms with E-state index in [-0.39, 0.29) is 24.5 Å². The molecule has 3 N–H and O–H groups in total. The minimum atomic E-state index is -1.04. The van der Waals surface area contributed by atoms with E-state index in [0.29, 0.717) is 12.3 Å². The monoisotopic (exact) mass is 484 g/mol. The number of carboxylic acid groups (broad SMARTS) is 1. The Balaban J connectivity index is 1.43. The van der Waals surface area contributed by atoms with Gasteiger partial charge < -0.3 is 20.3 Å². The molecule has 2 aromatic carbocycles. The molecule has 1 amide bonds. The third kappa shape index (κ3) is 6.58. The highest BCUT2D eigenvalue weighted by molar-refractivity contribution is 5.80. The molecule has 188 valence electrons. The van der Waals surface area contributed by atoms with Gasteiger partial charge in [0.05, 0.1) is 18.5 Å². The van der Waals surface area contributed by atoms with E-state index in [4.69, 9.17) is 9.84 Å². The van der Waals surface area contributed by atoms with Gasteiger partial charge in [-0.05, 0) is 56.0 Å². The third-order valence-corrected chi connectivity index (χ3v) is 7.09. The fourth-order valence-corrected chi connectivity index (χ4v) is 5.33. The summed E-state index contributed by atoms with van der Waals surface area (Å²) in [6.45, 7) is 1.54. The number of aliphatic carboxylic acids is 1. The second kappa shape index (κ2) is 11.6. The average molecular weight is 485 g/mol. The normalized spacial score (nSPS) is 25.3. The first-order valence-electron chi connectivity index (χ1n) is 12.3. The van der Waals surface area contributed by atoms with Crippen LogP contribution in [0.5, 0.6) is 5.75 Å². The highest BCUT2D eigenvalue weighted by Gasteiger charge is 2.48. The number of hydrogen-bond acceptors (Lipinski definition) is 5. The Kier molecular flexibility index (Phi) is 8.36. The number of rotatable bonds is 9. The summed E-state index contributed by atoms with van der Waals surface area (Å²) in [5.41, 5.74) is 1.31. The number of carboxylic acids is 1. The van der Waals surface area contributed by atoms with Gasteiger partial charge in [0.15, 0.2) is 11.6 Å². The van der Waals surface area contributed by atoms with Gasteiger partial charge in [0.25, 0.3) is 0 Å². The lowest BCUT2D eigenvalue weighted by Gasteiger charge is -2.40. The molecule has 4 atom stereocenters. The van der Waals surface area contributed by atoms with Crippen LogP contribution in [0.1, 0.15) is 37.7 Å². The zero-order valence-corrected chi connectivity index (χ0v) is 19.7. The van der Waals surface area contributed by atoms with Gasteiger partial charge in [-0.25, -0.2) is 4.39 Å². The summed E-state index contributed by atoms with van der Waals surface area (Å²) in [6, 6.07) is 15.6. The number of carbonyl (C=O) groups excluding carboxylic acids is 1. The fourth-order valence-electron chi connectivity index (χ4n) is 5.33. The van der Waals surface area contributed by atoms with Gasteiger partial charge in [-0.15, -0.1) is 0 Å². The minimum Gasteiger partial charge on any atom is -0.485 e. The van der Waals surface area contributed by atoms with Crippen LogP contribution in [0, 0.1) is 11.7 Å². The predicted molar refractivity (Wildman–Crippen MR) is 128 cm³/mol. The van der Waals surface area contributed by atoms with Crippen molar-refractivity contribution in [2.75, 3.05) is 13.1 Å². The van der Waals surface area contributed by atoms with Crippen LogP contribution in [-0.4, -0.2) is 64.4 Å². The van der Waals surface area contributed by atoms with Crippen molar-refractivity contribution in [3.63, 3.8) is 0 Å². The summed E-state index contributed by atoms with van der Waals surface area (Å²) in [5.74, 6) is -1.31. The largest absolute Gasteiger partial charge is 0.485 e. The van der Waals surface area contributed by atoms with Gasteiger partial charge in [0.2, 0.25) is 5.91 Å². The van der Waals surface area contributed by atoms with Crippen molar-refractivity contribution < 1.29 is 28.9 Å². The molecule has 1 aliphatic heterocycles. The molecule has 35 heavy (non-hydrogen) atoms. The SMILES string of the molecule is O=C(O)CCC(=O)N[C@@H]1C[C@@H](Oc2ccccc2F)[C@H](O)[C@H]1N1CCC(Cc2ccccc2)CC1. The van der Waals surface area contributed by atoms with Crippen molar-refractivity contribution in [1.82, 2.24) is 10.2 Å². The van der Waals surface area contributed by atoms with Crippen LogP contribution < -0.4 is 10.1 Å². The zero-order valence-electron chi connectivity index (χ0n) is 19.7. The van der Waals surface area contributed by atoms with Crippen molar-refractivity contribution in [3.8, 4) is 5.75 Å². The average Bonchev–Trinajstić information content (AvgIpc) is 3.14. The van der Waals surface area contributed by atoms with E-state index >= 15 is 0 Å². The highest BCUT2D eigenvalue weighted by atomic mass is 19.1. The maximum absolute atomic E-state index is 14.2. The lowest BCUT2D eigenvalue weighted by Crippen LogP contribution is -2.55. The van der Waals surface area contributed by atoms with Crippen LogP contribution in [0.2, 0.25) is 0 Å². The molecule has 4 rings (SSSR count). The maximum atomic E-state index is 14.2. The lowest BCUT2D eigenvalue weighted by atomic mass is 9.89. The molecule has 0 spiro atoms. The summed E-state index contributed by atoms with van der Waals surface area (Å²) in [5, 5.41) is 23.0. The molecule has 1 saturated carbocycles. The Morgan fingerprint density at radius 3 is 2.40 bits per heavy atom. The molecule has 7 nitrogen and oxygen atoms in total.